The minimum Gasteiger partial charge on any atom is -0.356 e. The Morgan fingerprint density at radius 2 is 1.93 bits per heavy atom. The third-order valence-electron chi connectivity index (χ3n) is 2.69. The molecule has 0 saturated carbocycles. The molecule has 0 heterocycles. The third-order valence-corrected chi connectivity index (χ3v) is 2.69. The van der Waals surface area contributed by atoms with Crippen molar-refractivity contribution in [2.75, 3.05) is 20.1 Å². The number of hydrogen-bond donors (Lipinski definition) is 2. The molecule has 0 aliphatic heterocycles. The van der Waals surface area contributed by atoms with E-state index in [2.05, 4.69) is 38.3 Å². The van der Waals surface area contributed by atoms with Crippen LogP contribution in [0.4, 0.5) is 0 Å². The van der Waals surface area contributed by atoms with Gasteiger partial charge in [-0.1, -0.05) is 27.7 Å². The summed E-state index contributed by atoms with van der Waals surface area (Å²) in [5, 5.41) is 5.90. The minimum absolute atomic E-state index is 0.135. The molecule has 3 nitrogen and oxygen atoms in total. The van der Waals surface area contributed by atoms with Crippen molar-refractivity contribution < 1.29 is 4.79 Å². The molecule has 0 spiro atoms. The van der Waals surface area contributed by atoms with Crippen LogP contribution in [0.25, 0.3) is 0 Å². The molecule has 0 bridgehead atoms. The number of carbonyl (C=O) groups is 1. The van der Waals surface area contributed by atoms with Crippen LogP contribution in [0.1, 0.15) is 34.1 Å². The SMILES string of the molecule is CNCCC(=O)NCC(C)C(C)(C)C. The maximum atomic E-state index is 11.3. The summed E-state index contributed by atoms with van der Waals surface area (Å²) < 4.78 is 0. The van der Waals surface area contributed by atoms with E-state index < -0.39 is 0 Å². The molecule has 2 N–H and O–H groups in total. The Bertz CT molecular complexity index is 173. The highest BCUT2D eigenvalue weighted by Crippen LogP contribution is 2.24. The van der Waals surface area contributed by atoms with E-state index in [4.69, 9.17) is 0 Å². The van der Waals surface area contributed by atoms with E-state index in [9.17, 15) is 4.79 Å². The topological polar surface area (TPSA) is 41.1 Å². The molecule has 1 atom stereocenters. The Morgan fingerprint density at radius 1 is 1.36 bits per heavy atom. The highest BCUT2D eigenvalue weighted by Gasteiger charge is 2.19. The van der Waals surface area contributed by atoms with Crippen LogP contribution in [0.15, 0.2) is 0 Å². The van der Waals surface area contributed by atoms with Crippen molar-refractivity contribution in [3.05, 3.63) is 0 Å². The van der Waals surface area contributed by atoms with E-state index in [0.29, 0.717) is 12.3 Å². The number of nitrogens with one attached hydrogen (secondary N) is 2. The number of rotatable bonds is 5. The fraction of sp³-hybridized carbons (Fsp3) is 0.909. The zero-order chi connectivity index (χ0) is 11.2. The normalized spacial score (nSPS) is 13.8. The van der Waals surface area contributed by atoms with Crippen LogP contribution in [0.3, 0.4) is 0 Å². The van der Waals surface area contributed by atoms with Gasteiger partial charge in [-0.3, -0.25) is 4.79 Å². The van der Waals surface area contributed by atoms with Gasteiger partial charge in [-0.15, -0.1) is 0 Å². The van der Waals surface area contributed by atoms with Crippen molar-refractivity contribution in [3.8, 4) is 0 Å². The van der Waals surface area contributed by atoms with Crippen molar-refractivity contribution in [3.63, 3.8) is 0 Å². The second kappa shape index (κ2) is 6.02. The highest BCUT2D eigenvalue weighted by atomic mass is 16.1. The maximum absolute atomic E-state index is 11.3. The summed E-state index contributed by atoms with van der Waals surface area (Å²) >= 11 is 0. The Balaban J connectivity index is 3.67. The van der Waals surface area contributed by atoms with Gasteiger partial charge in [0.2, 0.25) is 5.91 Å². The zero-order valence-corrected chi connectivity index (χ0v) is 10.1. The van der Waals surface area contributed by atoms with Crippen molar-refractivity contribution in [1.82, 2.24) is 10.6 Å². The van der Waals surface area contributed by atoms with Gasteiger partial charge < -0.3 is 10.6 Å². The van der Waals surface area contributed by atoms with Crippen LogP contribution < -0.4 is 10.6 Å². The first-order chi connectivity index (χ1) is 6.38. The van der Waals surface area contributed by atoms with Crippen molar-refractivity contribution in [2.45, 2.75) is 34.1 Å². The van der Waals surface area contributed by atoms with Gasteiger partial charge in [0.15, 0.2) is 0 Å². The van der Waals surface area contributed by atoms with Gasteiger partial charge >= 0.3 is 0 Å². The van der Waals surface area contributed by atoms with Crippen molar-refractivity contribution >= 4 is 5.91 Å². The monoisotopic (exact) mass is 200 g/mol. The summed E-state index contributed by atoms with van der Waals surface area (Å²) in [7, 11) is 1.85. The van der Waals surface area contributed by atoms with E-state index in [0.717, 1.165) is 13.1 Å². The lowest BCUT2D eigenvalue weighted by Crippen LogP contribution is -2.34. The number of amides is 1. The third kappa shape index (κ3) is 5.97. The van der Waals surface area contributed by atoms with E-state index >= 15 is 0 Å². The number of hydrogen-bond acceptors (Lipinski definition) is 2. The average Bonchev–Trinajstić information content (AvgIpc) is 2.09. The quantitative estimate of drug-likeness (QED) is 0.704. The smallest absolute Gasteiger partial charge is 0.221 e. The molecule has 0 aliphatic rings. The van der Waals surface area contributed by atoms with Gasteiger partial charge in [-0.2, -0.15) is 0 Å². The molecule has 0 aromatic rings. The van der Waals surface area contributed by atoms with Crippen molar-refractivity contribution in [2.24, 2.45) is 11.3 Å². The molecule has 3 heteroatoms. The summed E-state index contributed by atoms with van der Waals surface area (Å²) in [5.41, 5.74) is 0.260. The molecule has 1 amide bonds. The molecule has 0 fully saturated rings. The first-order valence-corrected chi connectivity index (χ1v) is 5.29. The minimum atomic E-state index is 0.135. The van der Waals surface area contributed by atoms with E-state index in [1.54, 1.807) is 0 Å². The molecule has 1 unspecified atom stereocenters. The molecule has 0 rings (SSSR count). The lowest BCUT2D eigenvalue weighted by molar-refractivity contribution is -0.121. The van der Waals surface area contributed by atoms with Crippen molar-refractivity contribution in [1.29, 1.82) is 0 Å². The molecular weight excluding hydrogens is 176 g/mol. The molecule has 0 aliphatic carbocycles. The molecule has 0 aromatic heterocycles. The molecule has 0 aromatic carbocycles. The largest absolute Gasteiger partial charge is 0.356 e. The summed E-state index contributed by atoms with van der Waals surface area (Å²) in [6, 6.07) is 0. The predicted octanol–water partition coefficient (Wildman–Crippen LogP) is 1.39. The second-order valence-corrected chi connectivity index (χ2v) is 4.92. The van der Waals surface area contributed by atoms with Gasteiger partial charge in [0.05, 0.1) is 0 Å². The first kappa shape index (κ1) is 13.4. The fourth-order valence-corrected chi connectivity index (χ4v) is 0.900. The maximum Gasteiger partial charge on any atom is 0.221 e. The lowest BCUT2D eigenvalue weighted by atomic mass is 9.82. The van der Waals surface area contributed by atoms with Crippen LogP contribution in [0.5, 0.6) is 0 Å². The van der Waals surface area contributed by atoms with Gasteiger partial charge in [0, 0.05) is 19.5 Å². The molecule has 14 heavy (non-hydrogen) atoms. The van der Waals surface area contributed by atoms with Gasteiger partial charge in [-0.05, 0) is 18.4 Å². The zero-order valence-electron chi connectivity index (χ0n) is 10.1. The van der Waals surface area contributed by atoms with Crippen LogP contribution in [0.2, 0.25) is 0 Å². The Kier molecular flexibility index (Phi) is 5.77. The Hall–Kier alpha value is -0.570. The molecular formula is C11H24N2O. The summed E-state index contributed by atoms with van der Waals surface area (Å²) in [6.07, 6.45) is 0.563. The van der Waals surface area contributed by atoms with Crippen LogP contribution in [-0.4, -0.2) is 26.0 Å². The van der Waals surface area contributed by atoms with Crippen LogP contribution in [0, 0.1) is 11.3 Å². The highest BCUT2D eigenvalue weighted by molar-refractivity contribution is 5.76. The summed E-state index contributed by atoms with van der Waals surface area (Å²) in [6.45, 7) is 10.3. The summed E-state index contributed by atoms with van der Waals surface area (Å²) in [5.74, 6) is 0.636. The average molecular weight is 200 g/mol. The molecule has 84 valence electrons. The van der Waals surface area contributed by atoms with E-state index in [-0.39, 0.29) is 11.3 Å². The Morgan fingerprint density at radius 3 is 2.36 bits per heavy atom. The number of carbonyl (C=O) groups excluding carboxylic acids is 1. The standard InChI is InChI=1S/C11H24N2O/c1-9(11(2,3)4)8-13-10(14)6-7-12-5/h9,12H,6-8H2,1-5H3,(H,13,14). The summed E-state index contributed by atoms with van der Waals surface area (Å²) in [4.78, 5) is 11.3. The Labute approximate surface area is 87.6 Å². The van der Waals surface area contributed by atoms with Crippen LogP contribution >= 0.6 is 0 Å². The second-order valence-electron chi connectivity index (χ2n) is 4.92. The molecule has 0 saturated heterocycles. The lowest BCUT2D eigenvalue weighted by Gasteiger charge is -2.27. The van der Waals surface area contributed by atoms with Crippen LogP contribution in [-0.2, 0) is 4.79 Å². The van der Waals surface area contributed by atoms with Gasteiger partial charge in [0.1, 0.15) is 0 Å². The van der Waals surface area contributed by atoms with Gasteiger partial charge in [0.25, 0.3) is 0 Å². The fourth-order valence-electron chi connectivity index (χ4n) is 0.900. The first-order valence-electron chi connectivity index (χ1n) is 5.29. The predicted molar refractivity (Wildman–Crippen MR) is 60.2 cm³/mol. The van der Waals surface area contributed by atoms with Gasteiger partial charge in [-0.25, -0.2) is 0 Å². The molecule has 0 radical (unpaired) electrons. The van der Waals surface area contributed by atoms with E-state index in [1.165, 1.54) is 0 Å². The van der Waals surface area contributed by atoms with E-state index in [1.807, 2.05) is 7.05 Å².